The highest BCUT2D eigenvalue weighted by atomic mass is 16.5. The number of esters is 1. The molecule has 1 saturated carbocycles. The summed E-state index contributed by atoms with van der Waals surface area (Å²) < 4.78 is 5.49. The lowest BCUT2D eigenvalue weighted by atomic mass is 9.77. The Morgan fingerprint density at radius 2 is 1.95 bits per heavy atom. The van der Waals surface area contributed by atoms with Crippen LogP contribution >= 0.6 is 0 Å². The Hall–Kier alpha value is -0.610. The van der Waals surface area contributed by atoms with Crippen LogP contribution in [0, 0.1) is 5.92 Å². The molecule has 4 nitrogen and oxygen atoms in total. The van der Waals surface area contributed by atoms with Crippen molar-refractivity contribution in [2.24, 2.45) is 5.92 Å². The molecule has 0 aromatic carbocycles. The van der Waals surface area contributed by atoms with Gasteiger partial charge in [0.05, 0.1) is 6.61 Å². The molecule has 3 fully saturated rings. The van der Waals surface area contributed by atoms with Crippen molar-refractivity contribution in [3.05, 3.63) is 0 Å². The Morgan fingerprint density at radius 3 is 2.67 bits per heavy atom. The van der Waals surface area contributed by atoms with Crippen molar-refractivity contribution in [2.45, 2.75) is 69.9 Å². The van der Waals surface area contributed by atoms with E-state index in [9.17, 15) is 4.79 Å². The average molecular weight is 294 g/mol. The van der Waals surface area contributed by atoms with Gasteiger partial charge in [-0.15, -0.1) is 0 Å². The van der Waals surface area contributed by atoms with E-state index in [1.807, 2.05) is 6.92 Å². The summed E-state index contributed by atoms with van der Waals surface area (Å²) in [4.78, 5) is 15.3. The number of rotatable bonds is 4. The standard InChI is InChI=1S/C17H30N2O2/c1-2-21-16(20)17(10-12-19-11-9-14(17)13-19)18-15-7-5-3-4-6-8-15/h14-15,18H,2-13H2,1H3. The Morgan fingerprint density at radius 1 is 1.19 bits per heavy atom. The second kappa shape index (κ2) is 6.66. The van der Waals surface area contributed by atoms with Gasteiger partial charge in [0.2, 0.25) is 0 Å². The Labute approximate surface area is 128 Å². The molecule has 3 aliphatic rings. The minimum atomic E-state index is -0.405. The number of carbonyl (C=O) groups is 1. The number of nitrogens with one attached hydrogen (secondary N) is 1. The zero-order valence-electron chi connectivity index (χ0n) is 13.4. The first-order valence-electron chi connectivity index (χ1n) is 8.92. The molecule has 120 valence electrons. The maximum absolute atomic E-state index is 12.8. The molecule has 0 aromatic heterocycles. The zero-order valence-corrected chi connectivity index (χ0v) is 13.4. The quantitative estimate of drug-likeness (QED) is 0.638. The molecule has 1 aliphatic carbocycles. The molecule has 0 spiro atoms. The van der Waals surface area contributed by atoms with E-state index in [1.165, 1.54) is 38.5 Å². The summed E-state index contributed by atoms with van der Waals surface area (Å²) in [5.74, 6) is 0.453. The average Bonchev–Trinajstić information content (AvgIpc) is 2.72. The summed E-state index contributed by atoms with van der Waals surface area (Å²) >= 11 is 0. The monoisotopic (exact) mass is 294 g/mol. The topological polar surface area (TPSA) is 41.6 Å². The lowest BCUT2D eigenvalue weighted by Crippen LogP contribution is -2.64. The first-order valence-corrected chi connectivity index (χ1v) is 8.92. The van der Waals surface area contributed by atoms with Gasteiger partial charge in [0.1, 0.15) is 5.54 Å². The molecule has 3 unspecified atom stereocenters. The van der Waals surface area contributed by atoms with Crippen LogP contribution < -0.4 is 5.32 Å². The van der Waals surface area contributed by atoms with Gasteiger partial charge in [-0.25, -0.2) is 0 Å². The van der Waals surface area contributed by atoms with E-state index < -0.39 is 5.54 Å². The van der Waals surface area contributed by atoms with Crippen LogP contribution in [0.1, 0.15) is 58.3 Å². The fourth-order valence-corrected chi connectivity index (χ4v) is 4.54. The van der Waals surface area contributed by atoms with Gasteiger partial charge in [-0.3, -0.25) is 10.1 Å². The molecule has 0 aromatic rings. The Kier molecular flexibility index (Phi) is 4.85. The summed E-state index contributed by atoms with van der Waals surface area (Å²) in [7, 11) is 0. The van der Waals surface area contributed by atoms with Gasteiger partial charge in [0, 0.05) is 25.0 Å². The molecule has 4 heteroatoms. The lowest BCUT2D eigenvalue weighted by Gasteiger charge is -2.43. The summed E-state index contributed by atoms with van der Waals surface area (Å²) in [5.41, 5.74) is -0.405. The van der Waals surface area contributed by atoms with Crippen molar-refractivity contribution in [3.63, 3.8) is 0 Å². The third-order valence-electron chi connectivity index (χ3n) is 5.75. The Balaban J connectivity index is 1.76. The van der Waals surface area contributed by atoms with E-state index >= 15 is 0 Å². The van der Waals surface area contributed by atoms with Gasteiger partial charge >= 0.3 is 5.97 Å². The zero-order chi connectivity index (χ0) is 14.7. The van der Waals surface area contributed by atoms with Crippen LogP contribution in [0.25, 0.3) is 0 Å². The molecular formula is C17H30N2O2. The van der Waals surface area contributed by atoms with Crippen LogP contribution in [-0.4, -0.2) is 48.7 Å². The van der Waals surface area contributed by atoms with Crippen molar-refractivity contribution in [1.29, 1.82) is 0 Å². The van der Waals surface area contributed by atoms with E-state index in [-0.39, 0.29) is 5.97 Å². The molecule has 2 aliphatic heterocycles. The van der Waals surface area contributed by atoms with E-state index in [0.29, 0.717) is 18.6 Å². The first kappa shape index (κ1) is 15.3. The van der Waals surface area contributed by atoms with Crippen LogP contribution in [0.3, 0.4) is 0 Å². The smallest absolute Gasteiger partial charge is 0.326 e. The number of nitrogens with zero attached hydrogens (tertiary/aromatic N) is 1. The van der Waals surface area contributed by atoms with Crippen LogP contribution in [0.15, 0.2) is 0 Å². The third-order valence-corrected chi connectivity index (χ3v) is 5.75. The van der Waals surface area contributed by atoms with Gasteiger partial charge in [-0.05, 0) is 39.2 Å². The molecule has 2 bridgehead atoms. The number of piperidine rings is 1. The van der Waals surface area contributed by atoms with E-state index in [2.05, 4.69) is 10.2 Å². The van der Waals surface area contributed by atoms with Gasteiger partial charge in [0.15, 0.2) is 0 Å². The van der Waals surface area contributed by atoms with Crippen LogP contribution in [0.5, 0.6) is 0 Å². The maximum atomic E-state index is 12.8. The van der Waals surface area contributed by atoms with Crippen molar-refractivity contribution in [3.8, 4) is 0 Å². The highest BCUT2D eigenvalue weighted by Crippen LogP contribution is 2.38. The second-order valence-corrected chi connectivity index (χ2v) is 7.06. The molecule has 2 saturated heterocycles. The molecule has 3 atom stereocenters. The molecule has 1 N–H and O–H groups in total. The summed E-state index contributed by atoms with van der Waals surface area (Å²) in [6.07, 6.45) is 9.80. The second-order valence-electron chi connectivity index (χ2n) is 7.06. The molecular weight excluding hydrogens is 264 g/mol. The predicted octanol–water partition coefficient (Wildman–Crippen LogP) is 2.33. The maximum Gasteiger partial charge on any atom is 0.326 e. The minimum absolute atomic E-state index is 0.0146. The number of carbonyl (C=O) groups excluding carboxylic acids is 1. The van der Waals surface area contributed by atoms with E-state index in [1.54, 1.807) is 0 Å². The van der Waals surface area contributed by atoms with Crippen molar-refractivity contribution in [2.75, 3.05) is 26.2 Å². The van der Waals surface area contributed by atoms with E-state index in [4.69, 9.17) is 4.74 Å². The molecule has 2 heterocycles. The largest absolute Gasteiger partial charge is 0.465 e. The third kappa shape index (κ3) is 3.11. The first-order chi connectivity index (χ1) is 10.2. The van der Waals surface area contributed by atoms with Crippen molar-refractivity contribution >= 4 is 5.97 Å². The predicted molar refractivity (Wildman–Crippen MR) is 83.2 cm³/mol. The highest BCUT2D eigenvalue weighted by Gasteiger charge is 2.52. The molecule has 0 radical (unpaired) electrons. The lowest BCUT2D eigenvalue weighted by molar-refractivity contribution is -0.156. The summed E-state index contributed by atoms with van der Waals surface area (Å²) in [5, 5.41) is 3.82. The Bertz CT molecular complexity index is 366. The van der Waals surface area contributed by atoms with Gasteiger partial charge in [-0.2, -0.15) is 0 Å². The summed E-state index contributed by atoms with van der Waals surface area (Å²) in [6, 6.07) is 0.504. The molecule has 3 rings (SSSR count). The highest BCUT2D eigenvalue weighted by molar-refractivity contribution is 5.82. The fourth-order valence-electron chi connectivity index (χ4n) is 4.54. The fraction of sp³-hybridized carbons (Fsp3) is 0.941. The van der Waals surface area contributed by atoms with Crippen LogP contribution in [0.4, 0.5) is 0 Å². The van der Waals surface area contributed by atoms with Crippen LogP contribution in [-0.2, 0) is 9.53 Å². The minimum Gasteiger partial charge on any atom is -0.465 e. The van der Waals surface area contributed by atoms with Crippen molar-refractivity contribution in [1.82, 2.24) is 10.2 Å². The number of ether oxygens (including phenoxy) is 1. The van der Waals surface area contributed by atoms with Gasteiger partial charge in [-0.1, -0.05) is 25.7 Å². The van der Waals surface area contributed by atoms with Crippen LogP contribution in [0.2, 0.25) is 0 Å². The van der Waals surface area contributed by atoms with Gasteiger partial charge < -0.3 is 9.64 Å². The molecule has 21 heavy (non-hydrogen) atoms. The van der Waals surface area contributed by atoms with E-state index in [0.717, 1.165) is 32.5 Å². The number of hydrogen-bond acceptors (Lipinski definition) is 4. The number of hydrogen-bond donors (Lipinski definition) is 1. The molecule has 0 amide bonds. The normalized spacial score (nSPS) is 37.2. The number of fused-ring (bicyclic) bond motifs is 2. The van der Waals surface area contributed by atoms with Crippen molar-refractivity contribution < 1.29 is 9.53 Å². The summed E-state index contributed by atoms with van der Waals surface area (Å²) in [6.45, 7) is 5.66. The SMILES string of the molecule is CCOC(=O)C1(NC2CCCCCC2)CCN2CCC1C2. The van der Waals surface area contributed by atoms with Gasteiger partial charge in [0.25, 0.3) is 0 Å².